The van der Waals surface area contributed by atoms with Crippen LogP contribution in [0.4, 0.5) is 0 Å². The van der Waals surface area contributed by atoms with Crippen LogP contribution in [0.3, 0.4) is 0 Å². The Morgan fingerprint density at radius 2 is 1.41 bits per heavy atom. The smallest absolute Gasteiger partial charge is 0.305 e. The third-order valence-corrected chi connectivity index (χ3v) is 3.84. The number of hydrogen-bond donors (Lipinski definition) is 0. The largest absolute Gasteiger partial charge is 0.466 e. The van der Waals surface area contributed by atoms with E-state index < -0.39 is 0 Å². The van der Waals surface area contributed by atoms with Crippen LogP contribution in [-0.4, -0.2) is 25.2 Å². The first-order valence-electron chi connectivity index (χ1n) is 8.91. The Balaban J connectivity index is 3.39. The van der Waals surface area contributed by atoms with Crippen LogP contribution in [0, 0.1) is 5.92 Å². The van der Waals surface area contributed by atoms with Crippen molar-refractivity contribution in [2.75, 3.05) is 13.2 Å². The molecule has 0 aliphatic heterocycles. The van der Waals surface area contributed by atoms with Gasteiger partial charge in [-0.25, -0.2) is 0 Å². The van der Waals surface area contributed by atoms with Crippen LogP contribution in [-0.2, 0) is 19.1 Å². The lowest BCUT2D eigenvalue weighted by atomic mass is 10.1. The molecule has 4 nitrogen and oxygen atoms in total. The Labute approximate surface area is 135 Å². The summed E-state index contributed by atoms with van der Waals surface area (Å²) in [5, 5.41) is 0. The van der Waals surface area contributed by atoms with Crippen molar-refractivity contribution in [3.63, 3.8) is 0 Å². The second-order valence-electron chi connectivity index (χ2n) is 6.01. The second kappa shape index (κ2) is 14.9. The topological polar surface area (TPSA) is 52.6 Å². The summed E-state index contributed by atoms with van der Waals surface area (Å²) in [5.74, 6) is 0.290. The van der Waals surface area contributed by atoms with Gasteiger partial charge in [-0.3, -0.25) is 9.59 Å². The van der Waals surface area contributed by atoms with Gasteiger partial charge in [0.2, 0.25) is 0 Å². The number of hydrogen-bond acceptors (Lipinski definition) is 4. The third-order valence-electron chi connectivity index (χ3n) is 3.84. The number of rotatable bonds is 14. The molecule has 0 aromatic carbocycles. The summed E-state index contributed by atoms with van der Waals surface area (Å²) in [4.78, 5) is 23.0. The van der Waals surface area contributed by atoms with Gasteiger partial charge >= 0.3 is 11.9 Å². The van der Waals surface area contributed by atoms with Crippen molar-refractivity contribution < 1.29 is 19.1 Å². The van der Waals surface area contributed by atoms with E-state index in [4.69, 9.17) is 9.47 Å². The molecule has 0 radical (unpaired) electrons. The standard InChI is InChI=1S/C18H34O4/c1-4-6-7-10-14-21-17(19)11-8-9-12-18(20)22-15-13-16(3)5-2/h16H,4-15H2,1-3H3. The van der Waals surface area contributed by atoms with Crippen LogP contribution < -0.4 is 0 Å². The fourth-order valence-corrected chi connectivity index (χ4v) is 1.98. The predicted molar refractivity (Wildman–Crippen MR) is 88.6 cm³/mol. The summed E-state index contributed by atoms with van der Waals surface area (Å²) >= 11 is 0. The zero-order valence-corrected chi connectivity index (χ0v) is 14.7. The number of carbonyl (C=O) groups excluding carboxylic acids is 2. The first-order chi connectivity index (χ1) is 10.6. The minimum atomic E-state index is -0.156. The first kappa shape index (κ1) is 20.9. The number of esters is 2. The number of carbonyl (C=O) groups is 2. The minimum Gasteiger partial charge on any atom is -0.466 e. The Morgan fingerprint density at radius 1 is 0.818 bits per heavy atom. The van der Waals surface area contributed by atoms with Gasteiger partial charge in [0.1, 0.15) is 0 Å². The molecule has 4 heteroatoms. The van der Waals surface area contributed by atoms with Crippen LogP contribution in [0.5, 0.6) is 0 Å². The second-order valence-corrected chi connectivity index (χ2v) is 6.01. The molecule has 22 heavy (non-hydrogen) atoms. The zero-order valence-electron chi connectivity index (χ0n) is 14.7. The summed E-state index contributed by atoms with van der Waals surface area (Å²) in [7, 11) is 0. The van der Waals surface area contributed by atoms with Gasteiger partial charge in [-0.2, -0.15) is 0 Å². The average Bonchev–Trinajstić information content (AvgIpc) is 2.51. The molecule has 1 unspecified atom stereocenters. The van der Waals surface area contributed by atoms with Crippen LogP contribution in [0.15, 0.2) is 0 Å². The Morgan fingerprint density at radius 3 is 1.95 bits per heavy atom. The molecular formula is C18H34O4. The van der Waals surface area contributed by atoms with Crippen molar-refractivity contribution in [1.29, 1.82) is 0 Å². The van der Waals surface area contributed by atoms with Gasteiger partial charge in [-0.05, 0) is 31.6 Å². The monoisotopic (exact) mass is 314 g/mol. The lowest BCUT2D eigenvalue weighted by Gasteiger charge is -2.09. The summed E-state index contributed by atoms with van der Waals surface area (Å²) in [6, 6.07) is 0. The zero-order chi connectivity index (χ0) is 16.6. The van der Waals surface area contributed by atoms with Gasteiger partial charge in [0.05, 0.1) is 13.2 Å². The van der Waals surface area contributed by atoms with Gasteiger partial charge in [0.15, 0.2) is 0 Å². The fourth-order valence-electron chi connectivity index (χ4n) is 1.98. The number of ether oxygens (including phenoxy) is 2. The molecule has 0 fully saturated rings. The lowest BCUT2D eigenvalue weighted by Crippen LogP contribution is -2.09. The molecule has 0 bridgehead atoms. The molecule has 1 atom stereocenters. The lowest BCUT2D eigenvalue weighted by molar-refractivity contribution is -0.146. The summed E-state index contributed by atoms with van der Waals surface area (Å²) in [6.07, 6.45) is 8.64. The Hall–Kier alpha value is -1.06. The van der Waals surface area contributed by atoms with E-state index in [0.29, 0.717) is 44.8 Å². The van der Waals surface area contributed by atoms with Crippen molar-refractivity contribution in [3.05, 3.63) is 0 Å². The maximum absolute atomic E-state index is 11.5. The molecule has 0 aromatic heterocycles. The van der Waals surface area contributed by atoms with E-state index >= 15 is 0 Å². The summed E-state index contributed by atoms with van der Waals surface area (Å²) in [5.41, 5.74) is 0. The van der Waals surface area contributed by atoms with Gasteiger partial charge in [-0.15, -0.1) is 0 Å². The molecule has 0 aliphatic rings. The number of unbranched alkanes of at least 4 members (excludes halogenated alkanes) is 4. The molecule has 0 rings (SSSR count). The summed E-state index contributed by atoms with van der Waals surface area (Å²) in [6.45, 7) is 7.47. The van der Waals surface area contributed by atoms with Crippen molar-refractivity contribution in [3.8, 4) is 0 Å². The van der Waals surface area contributed by atoms with Gasteiger partial charge < -0.3 is 9.47 Å². The van der Waals surface area contributed by atoms with Crippen LogP contribution in [0.1, 0.15) is 85.0 Å². The molecule has 0 N–H and O–H groups in total. The van der Waals surface area contributed by atoms with Crippen molar-refractivity contribution in [2.45, 2.75) is 85.0 Å². The minimum absolute atomic E-state index is 0.151. The van der Waals surface area contributed by atoms with Gasteiger partial charge in [-0.1, -0.05) is 46.5 Å². The van der Waals surface area contributed by atoms with Crippen LogP contribution >= 0.6 is 0 Å². The highest BCUT2D eigenvalue weighted by Gasteiger charge is 2.07. The van der Waals surface area contributed by atoms with E-state index in [1.54, 1.807) is 0 Å². The maximum atomic E-state index is 11.5. The highest BCUT2D eigenvalue weighted by Crippen LogP contribution is 2.08. The first-order valence-corrected chi connectivity index (χ1v) is 8.91. The van der Waals surface area contributed by atoms with E-state index in [2.05, 4.69) is 20.8 Å². The molecule has 0 amide bonds. The fraction of sp³-hybridized carbons (Fsp3) is 0.889. The SMILES string of the molecule is CCCCCCOC(=O)CCCCC(=O)OCCC(C)CC. The van der Waals surface area contributed by atoms with Crippen LogP contribution in [0.25, 0.3) is 0 Å². The molecular weight excluding hydrogens is 280 g/mol. The molecule has 0 heterocycles. The third kappa shape index (κ3) is 13.9. The molecule has 0 aliphatic carbocycles. The van der Waals surface area contributed by atoms with E-state index in [1.807, 2.05) is 0 Å². The molecule has 0 saturated carbocycles. The molecule has 0 spiro atoms. The predicted octanol–water partition coefficient (Wildman–Crippen LogP) is 4.65. The molecule has 0 saturated heterocycles. The van der Waals surface area contributed by atoms with Crippen molar-refractivity contribution in [2.24, 2.45) is 5.92 Å². The van der Waals surface area contributed by atoms with Gasteiger partial charge in [0.25, 0.3) is 0 Å². The maximum Gasteiger partial charge on any atom is 0.305 e. The quantitative estimate of drug-likeness (QED) is 0.346. The normalized spacial score (nSPS) is 12.0. The van der Waals surface area contributed by atoms with Crippen molar-refractivity contribution >= 4 is 11.9 Å². The Bertz CT molecular complexity index is 289. The van der Waals surface area contributed by atoms with Crippen LogP contribution in [0.2, 0.25) is 0 Å². The highest BCUT2D eigenvalue weighted by molar-refractivity contribution is 5.70. The summed E-state index contributed by atoms with van der Waals surface area (Å²) < 4.78 is 10.3. The van der Waals surface area contributed by atoms with E-state index in [9.17, 15) is 9.59 Å². The molecule has 0 aromatic rings. The average molecular weight is 314 g/mol. The van der Waals surface area contributed by atoms with Crippen molar-refractivity contribution in [1.82, 2.24) is 0 Å². The van der Waals surface area contributed by atoms with E-state index in [0.717, 1.165) is 25.7 Å². The highest BCUT2D eigenvalue weighted by atomic mass is 16.5. The van der Waals surface area contributed by atoms with E-state index in [-0.39, 0.29) is 11.9 Å². The van der Waals surface area contributed by atoms with Gasteiger partial charge in [0, 0.05) is 12.8 Å². The van der Waals surface area contributed by atoms with E-state index in [1.165, 1.54) is 12.8 Å². The Kier molecular flexibility index (Phi) is 14.1. The molecule has 130 valence electrons.